The third-order valence-electron chi connectivity index (χ3n) is 2.44. The summed E-state index contributed by atoms with van der Waals surface area (Å²) in [6.07, 6.45) is 2.57. The fourth-order valence-electron chi connectivity index (χ4n) is 1.61. The summed E-state index contributed by atoms with van der Waals surface area (Å²) < 4.78 is 5.29. The van der Waals surface area contributed by atoms with E-state index in [1.165, 1.54) is 11.6 Å². The average molecular weight is 245 g/mol. The predicted molar refractivity (Wildman–Crippen MR) is 73.3 cm³/mol. The normalized spacial score (nSPS) is 12.5. The van der Waals surface area contributed by atoms with Gasteiger partial charge in [-0.3, -0.25) is 0 Å². The molecular weight excluding hydrogens is 226 g/mol. The first-order valence-electron chi connectivity index (χ1n) is 5.98. The highest BCUT2D eigenvalue weighted by molar-refractivity contribution is 6.62. The van der Waals surface area contributed by atoms with Gasteiger partial charge in [-0.1, -0.05) is 54.2 Å². The molecule has 0 amide bonds. The topological polar surface area (TPSA) is 33.0 Å². The summed E-state index contributed by atoms with van der Waals surface area (Å²) in [7, 11) is -0.813. The molecule has 1 aromatic carbocycles. The molecule has 1 atom stereocenters. The highest BCUT2D eigenvalue weighted by Crippen LogP contribution is 2.03. The summed E-state index contributed by atoms with van der Waals surface area (Å²) in [5, 5.41) is 8.33. The van der Waals surface area contributed by atoms with Crippen LogP contribution in [0.1, 0.15) is 12.0 Å². The van der Waals surface area contributed by atoms with Crippen molar-refractivity contribution in [1.82, 2.24) is 0 Å². The Labute approximate surface area is 105 Å². The average Bonchev–Trinajstić information content (AvgIpc) is 2.35. The van der Waals surface area contributed by atoms with Crippen LogP contribution < -0.4 is 0 Å². The Kier molecular flexibility index (Phi) is 7.04. The lowest BCUT2D eigenvalue weighted by atomic mass is 10.2. The zero-order chi connectivity index (χ0) is 12.3. The molecule has 3 heteroatoms. The van der Waals surface area contributed by atoms with Crippen LogP contribution in [0.3, 0.4) is 0 Å². The molecule has 17 heavy (non-hydrogen) atoms. The van der Waals surface area contributed by atoms with Crippen LogP contribution in [0, 0.1) is 11.3 Å². The van der Waals surface area contributed by atoms with Crippen LogP contribution in [-0.4, -0.2) is 22.0 Å². The molecule has 0 aromatic heterocycles. The predicted octanol–water partition coefficient (Wildman–Crippen LogP) is 2.65. The van der Waals surface area contributed by atoms with Crippen molar-refractivity contribution in [2.45, 2.75) is 19.0 Å². The molecule has 1 aromatic rings. The Morgan fingerprint density at radius 3 is 2.82 bits per heavy atom. The third kappa shape index (κ3) is 6.72. The third-order valence-corrected chi connectivity index (χ3v) is 4.48. The molecule has 0 radical (unpaired) electrons. The van der Waals surface area contributed by atoms with Crippen LogP contribution in [0.2, 0.25) is 6.55 Å². The Bertz CT molecular complexity index is 370. The van der Waals surface area contributed by atoms with E-state index >= 15 is 0 Å². The Balaban J connectivity index is 2.19. The highest BCUT2D eigenvalue weighted by Gasteiger charge is 2.00. The second-order valence-electron chi connectivity index (χ2n) is 4.08. The van der Waals surface area contributed by atoms with Crippen molar-refractivity contribution in [3.05, 3.63) is 47.7 Å². The van der Waals surface area contributed by atoms with Crippen LogP contribution in [0.25, 0.3) is 0 Å². The van der Waals surface area contributed by atoms with Gasteiger partial charge in [-0.2, -0.15) is 5.26 Å². The van der Waals surface area contributed by atoms with Gasteiger partial charge >= 0.3 is 0 Å². The van der Waals surface area contributed by atoms with E-state index < -0.39 is 8.80 Å². The van der Waals surface area contributed by atoms with E-state index in [2.05, 4.69) is 54.7 Å². The van der Waals surface area contributed by atoms with Crippen LogP contribution >= 0.6 is 0 Å². The summed E-state index contributed by atoms with van der Waals surface area (Å²) >= 11 is 0. The quantitative estimate of drug-likeness (QED) is 0.546. The number of ether oxygens (including phenoxy) is 1. The SMILES string of the molecule is C[SiH](C=CCOCCC#N)Cc1ccccc1. The van der Waals surface area contributed by atoms with Gasteiger partial charge in [-0.15, -0.1) is 0 Å². The second-order valence-corrected chi connectivity index (χ2v) is 6.83. The first-order chi connectivity index (χ1) is 8.33. The number of hydrogen-bond acceptors (Lipinski definition) is 2. The van der Waals surface area contributed by atoms with Gasteiger partial charge in [0.1, 0.15) is 0 Å². The molecule has 1 rings (SSSR count). The van der Waals surface area contributed by atoms with Crippen LogP contribution in [0.15, 0.2) is 42.1 Å². The number of rotatable bonds is 7. The van der Waals surface area contributed by atoms with E-state index in [1.807, 2.05) is 0 Å². The van der Waals surface area contributed by atoms with Crippen molar-refractivity contribution in [3.8, 4) is 6.07 Å². The van der Waals surface area contributed by atoms with Gasteiger partial charge in [0.2, 0.25) is 0 Å². The van der Waals surface area contributed by atoms with Crippen molar-refractivity contribution in [2.75, 3.05) is 13.2 Å². The number of benzene rings is 1. The maximum Gasteiger partial charge on any atom is 0.0645 e. The van der Waals surface area contributed by atoms with Gasteiger partial charge in [0.05, 0.1) is 34.5 Å². The fourth-order valence-corrected chi connectivity index (χ4v) is 3.34. The van der Waals surface area contributed by atoms with Crippen molar-refractivity contribution in [2.24, 2.45) is 0 Å². The zero-order valence-corrected chi connectivity index (χ0v) is 11.5. The Morgan fingerprint density at radius 1 is 1.35 bits per heavy atom. The van der Waals surface area contributed by atoms with E-state index in [0.717, 1.165) is 0 Å². The summed E-state index contributed by atoms with van der Waals surface area (Å²) in [6, 6.07) is 13.8. The first kappa shape index (κ1) is 13.7. The van der Waals surface area contributed by atoms with Crippen molar-refractivity contribution in [1.29, 1.82) is 5.26 Å². The zero-order valence-electron chi connectivity index (χ0n) is 10.3. The van der Waals surface area contributed by atoms with Crippen LogP contribution in [-0.2, 0) is 10.8 Å². The molecular formula is C14H19NOSi. The van der Waals surface area contributed by atoms with Crippen LogP contribution in [0.4, 0.5) is 0 Å². The molecule has 90 valence electrons. The molecule has 0 heterocycles. The summed E-state index contributed by atoms with van der Waals surface area (Å²) in [4.78, 5) is 0. The van der Waals surface area contributed by atoms with Gasteiger partial charge in [-0.25, -0.2) is 0 Å². The molecule has 1 unspecified atom stereocenters. The van der Waals surface area contributed by atoms with E-state index in [0.29, 0.717) is 19.6 Å². The minimum absolute atomic E-state index is 0.477. The van der Waals surface area contributed by atoms with E-state index in [9.17, 15) is 0 Å². The molecule has 0 spiro atoms. The van der Waals surface area contributed by atoms with E-state index in [1.54, 1.807) is 0 Å². The largest absolute Gasteiger partial charge is 0.376 e. The van der Waals surface area contributed by atoms with Crippen molar-refractivity contribution in [3.63, 3.8) is 0 Å². The summed E-state index contributed by atoms with van der Waals surface area (Å²) in [5.41, 5.74) is 3.72. The fraction of sp³-hybridized carbons (Fsp3) is 0.357. The molecule has 0 bridgehead atoms. The van der Waals surface area contributed by atoms with Gasteiger partial charge in [-0.05, 0) is 6.04 Å². The smallest absolute Gasteiger partial charge is 0.0645 e. The van der Waals surface area contributed by atoms with Gasteiger partial charge < -0.3 is 4.74 Å². The summed E-state index contributed by atoms with van der Waals surface area (Å²) in [5.74, 6) is 0. The highest BCUT2D eigenvalue weighted by atomic mass is 28.3. The molecule has 0 saturated heterocycles. The van der Waals surface area contributed by atoms with E-state index in [-0.39, 0.29) is 0 Å². The minimum atomic E-state index is -0.813. The van der Waals surface area contributed by atoms with Crippen molar-refractivity contribution >= 4 is 8.80 Å². The molecule has 0 aliphatic rings. The molecule has 0 aliphatic heterocycles. The monoisotopic (exact) mass is 245 g/mol. The lowest BCUT2D eigenvalue weighted by Gasteiger charge is -2.04. The number of hydrogen-bond donors (Lipinski definition) is 0. The maximum absolute atomic E-state index is 8.33. The molecule has 0 aliphatic carbocycles. The Morgan fingerprint density at radius 2 is 2.12 bits per heavy atom. The molecule has 0 N–H and O–H groups in total. The lowest BCUT2D eigenvalue weighted by Crippen LogP contribution is -2.08. The minimum Gasteiger partial charge on any atom is -0.376 e. The molecule has 2 nitrogen and oxygen atoms in total. The van der Waals surface area contributed by atoms with Gasteiger partial charge in [0.25, 0.3) is 0 Å². The molecule has 0 fully saturated rings. The summed E-state index contributed by atoms with van der Waals surface area (Å²) in [6.45, 7) is 3.50. The maximum atomic E-state index is 8.33. The Hall–Kier alpha value is -1.37. The lowest BCUT2D eigenvalue weighted by molar-refractivity contribution is 0.168. The standard InChI is InChI=1S/C14H19NOSi/c1-17(12-6-11-16-10-5-9-15)13-14-7-3-2-4-8-14/h2-4,6-8,12,17H,5,10-11,13H2,1H3. The first-order valence-corrected chi connectivity index (χ1v) is 8.62. The molecule has 0 saturated carbocycles. The number of nitriles is 1. The van der Waals surface area contributed by atoms with E-state index in [4.69, 9.17) is 10.00 Å². The van der Waals surface area contributed by atoms with Gasteiger partial charge in [0, 0.05) is 0 Å². The van der Waals surface area contributed by atoms with Crippen molar-refractivity contribution < 1.29 is 4.74 Å². The van der Waals surface area contributed by atoms with Gasteiger partial charge in [0.15, 0.2) is 0 Å². The second kappa shape index (κ2) is 8.74. The number of nitrogens with zero attached hydrogens (tertiary/aromatic N) is 1. The van der Waals surface area contributed by atoms with Crippen LogP contribution in [0.5, 0.6) is 0 Å².